The first-order chi connectivity index (χ1) is 11.2. The number of hydrogen-bond donors (Lipinski definition) is 0. The lowest BCUT2D eigenvalue weighted by Gasteiger charge is -2.22. The zero-order valence-electron chi connectivity index (χ0n) is 13.8. The van der Waals surface area contributed by atoms with Crippen LogP contribution in [0.25, 0.3) is 0 Å². The number of ether oxygens (including phenoxy) is 2. The molecule has 0 unspecified atom stereocenters. The van der Waals surface area contributed by atoms with Crippen molar-refractivity contribution in [2.45, 2.75) is 26.1 Å². The van der Waals surface area contributed by atoms with Gasteiger partial charge in [-0.3, -0.25) is 0 Å². The summed E-state index contributed by atoms with van der Waals surface area (Å²) in [6, 6.07) is 6.57. The van der Waals surface area contributed by atoms with Crippen LogP contribution in [0.4, 0.5) is 24.7 Å². The molecule has 0 saturated heterocycles. The molecule has 0 aliphatic carbocycles. The minimum Gasteiger partial charge on any atom is -0.491 e. The van der Waals surface area contributed by atoms with Gasteiger partial charge in [-0.2, -0.15) is 18.2 Å². The molecule has 1 aromatic heterocycles. The van der Waals surface area contributed by atoms with Gasteiger partial charge in [-0.1, -0.05) is 0 Å². The molecule has 0 saturated carbocycles. The average molecular weight is 341 g/mol. The highest BCUT2D eigenvalue weighted by molar-refractivity contribution is 5.63. The van der Waals surface area contributed by atoms with Crippen LogP contribution < -0.4 is 14.4 Å². The molecular formula is C16H18F3N3O2. The fourth-order valence-corrected chi connectivity index (χ4v) is 2.05. The largest absolute Gasteiger partial charge is 0.491 e. The SMILES string of the molecule is COc1ncc(C(F)(F)F)c(N(C)c2ccc(OC(C)C)cc2)n1. The van der Waals surface area contributed by atoms with Crippen molar-refractivity contribution in [3.8, 4) is 11.8 Å². The second-order valence-corrected chi connectivity index (χ2v) is 5.31. The van der Waals surface area contributed by atoms with Gasteiger partial charge in [0.15, 0.2) is 5.82 Å². The van der Waals surface area contributed by atoms with E-state index in [9.17, 15) is 13.2 Å². The van der Waals surface area contributed by atoms with E-state index in [-0.39, 0.29) is 17.9 Å². The highest BCUT2D eigenvalue weighted by Gasteiger charge is 2.36. The molecule has 0 amide bonds. The van der Waals surface area contributed by atoms with Gasteiger partial charge in [0.25, 0.3) is 0 Å². The van der Waals surface area contributed by atoms with E-state index in [0.29, 0.717) is 17.6 Å². The summed E-state index contributed by atoms with van der Waals surface area (Å²) in [6.45, 7) is 3.78. The zero-order valence-corrected chi connectivity index (χ0v) is 13.8. The van der Waals surface area contributed by atoms with Crippen LogP contribution in [-0.4, -0.2) is 30.2 Å². The maximum absolute atomic E-state index is 13.2. The molecule has 0 aliphatic rings. The summed E-state index contributed by atoms with van der Waals surface area (Å²) in [4.78, 5) is 8.72. The van der Waals surface area contributed by atoms with E-state index in [1.165, 1.54) is 19.1 Å². The Bertz CT molecular complexity index is 688. The Morgan fingerprint density at radius 2 is 1.75 bits per heavy atom. The molecule has 8 heteroatoms. The van der Waals surface area contributed by atoms with E-state index in [2.05, 4.69) is 9.97 Å². The van der Waals surface area contributed by atoms with Crippen molar-refractivity contribution in [1.29, 1.82) is 0 Å². The summed E-state index contributed by atoms with van der Waals surface area (Å²) in [7, 11) is 2.79. The third-order valence-corrected chi connectivity index (χ3v) is 3.15. The number of hydrogen-bond acceptors (Lipinski definition) is 5. The number of nitrogens with zero attached hydrogens (tertiary/aromatic N) is 3. The Balaban J connectivity index is 2.39. The average Bonchev–Trinajstić information content (AvgIpc) is 2.53. The summed E-state index contributed by atoms with van der Waals surface area (Å²) < 4.78 is 50.0. The number of halogens is 3. The van der Waals surface area contributed by atoms with Crippen LogP contribution in [0.3, 0.4) is 0 Å². The third-order valence-electron chi connectivity index (χ3n) is 3.15. The van der Waals surface area contributed by atoms with Crippen LogP contribution in [-0.2, 0) is 6.18 Å². The fourth-order valence-electron chi connectivity index (χ4n) is 2.05. The Kier molecular flexibility index (Phi) is 5.16. The van der Waals surface area contributed by atoms with Crippen LogP contribution in [0.2, 0.25) is 0 Å². The molecule has 0 aliphatic heterocycles. The van der Waals surface area contributed by atoms with Crippen LogP contribution in [0.15, 0.2) is 30.5 Å². The second-order valence-electron chi connectivity index (χ2n) is 5.31. The van der Waals surface area contributed by atoms with Gasteiger partial charge in [-0.15, -0.1) is 0 Å². The van der Waals surface area contributed by atoms with Gasteiger partial charge in [0.05, 0.1) is 13.2 Å². The maximum Gasteiger partial charge on any atom is 0.421 e. The molecule has 0 bridgehead atoms. The lowest BCUT2D eigenvalue weighted by Crippen LogP contribution is -2.19. The highest BCUT2D eigenvalue weighted by atomic mass is 19.4. The van der Waals surface area contributed by atoms with Crippen LogP contribution in [0, 0.1) is 0 Å². The topological polar surface area (TPSA) is 47.5 Å². The lowest BCUT2D eigenvalue weighted by molar-refractivity contribution is -0.137. The van der Waals surface area contributed by atoms with Crippen LogP contribution in [0.5, 0.6) is 11.8 Å². The highest BCUT2D eigenvalue weighted by Crippen LogP contribution is 2.37. The van der Waals surface area contributed by atoms with Crippen molar-refractivity contribution in [2.75, 3.05) is 19.1 Å². The number of methoxy groups -OCH3 is 1. The fraction of sp³-hybridized carbons (Fsp3) is 0.375. The molecule has 0 radical (unpaired) electrons. The Morgan fingerprint density at radius 3 is 2.25 bits per heavy atom. The number of alkyl halides is 3. The summed E-state index contributed by atoms with van der Waals surface area (Å²) in [5, 5.41) is 0. The number of benzene rings is 1. The van der Waals surface area contributed by atoms with E-state index in [4.69, 9.17) is 9.47 Å². The number of rotatable bonds is 5. The minimum atomic E-state index is -4.57. The summed E-state index contributed by atoms with van der Waals surface area (Å²) in [5.74, 6) is 0.352. The molecule has 1 heterocycles. The van der Waals surface area contributed by atoms with E-state index < -0.39 is 11.7 Å². The van der Waals surface area contributed by atoms with Crippen molar-refractivity contribution in [3.05, 3.63) is 36.0 Å². The molecule has 1 aromatic carbocycles. The second kappa shape index (κ2) is 6.94. The first-order valence-electron chi connectivity index (χ1n) is 7.21. The molecular weight excluding hydrogens is 323 g/mol. The summed E-state index contributed by atoms with van der Waals surface area (Å²) in [5.41, 5.74) is -0.411. The number of aromatic nitrogens is 2. The first kappa shape index (κ1) is 17.8. The standard InChI is InChI=1S/C16H18F3N3O2/c1-10(2)24-12-7-5-11(6-8-12)22(3)14-13(16(17,18)19)9-20-15(21-14)23-4/h5-10H,1-4H3. The smallest absolute Gasteiger partial charge is 0.421 e. The molecule has 0 N–H and O–H groups in total. The maximum atomic E-state index is 13.2. The molecule has 2 rings (SSSR count). The van der Waals surface area contributed by atoms with Crippen molar-refractivity contribution < 1.29 is 22.6 Å². The van der Waals surface area contributed by atoms with Gasteiger partial charge in [0, 0.05) is 18.9 Å². The normalized spacial score (nSPS) is 11.5. The van der Waals surface area contributed by atoms with Crippen molar-refractivity contribution in [1.82, 2.24) is 9.97 Å². The minimum absolute atomic E-state index is 0.0107. The molecule has 5 nitrogen and oxygen atoms in total. The monoisotopic (exact) mass is 341 g/mol. The van der Waals surface area contributed by atoms with E-state index in [0.717, 1.165) is 0 Å². The van der Waals surface area contributed by atoms with Gasteiger partial charge in [0.1, 0.15) is 11.3 Å². The summed E-state index contributed by atoms with van der Waals surface area (Å²) >= 11 is 0. The molecule has 0 atom stereocenters. The van der Waals surface area contributed by atoms with Crippen molar-refractivity contribution in [3.63, 3.8) is 0 Å². The number of anilines is 2. The quantitative estimate of drug-likeness (QED) is 0.821. The van der Waals surface area contributed by atoms with Crippen LogP contribution in [0.1, 0.15) is 19.4 Å². The van der Waals surface area contributed by atoms with Gasteiger partial charge >= 0.3 is 12.2 Å². The summed E-state index contributed by atoms with van der Waals surface area (Å²) in [6.07, 6.45) is -3.85. The van der Waals surface area contributed by atoms with E-state index in [1.54, 1.807) is 24.3 Å². The Hall–Kier alpha value is -2.51. The van der Waals surface area contributed by atoms with E-state index in [1.807, 2.05) is 13.8 Å². The van der Waals surface area contributed by atoms with Gasteiger partial charge < -0.3 is 14.4 Å². The Labute approximate surface area is 138 Å². The van der Waals surface area contributed by atoms with Gasteiger partial charge in [-0.05, 0) is 38.1 Å². The molecule has 24 heavy (non-hydrogen) atoms. The molecule has 130 valence electrons. The third kappa shape index (κ3) is 4.06. The van der Waals surface area contributed by atoms with E-state index >= 15 is 0 Å². The first-order valence-corrected chi connectivity index (χ1v) is 7.21. The van der Waals surface area contributed by atoms with Crippen molar-refractivity contribution in [2.24, 2.45) is 0 Å². The van der Waals surface area contributed by atoms with Crippen molar-refractivity contribution >= 4 is 11.5 Å². The lowest BCUT2D eigenvalue weighted by atomic mass is 10.2. The molecule has 0 fully saturated rings. The Morgan fingerprint density at radius 1 is 1.12 bits per heavy atom. The predicted molar refractivity (Wildman–Crippen MR) is 83.9 cm³/mol. The van der Waals surface area contributed by atoms with Gasteiger partial charge in [-0.25, -0.2) is 4.98 Å². The zero-order chi connectivity index (χ0) is 17.9. The predicted octanol–water partition coefficient (Wildman–Crippen LogP) is 4.06. The van der Waals surface area contributed by atoms with Crippen LogP contribution >= 0.6 is 0 Å². The molecule has 0 spiro atoms. The van der Waals surface area contributed by atoms with Gasteiger partial charge in [0.2, 0.25) is 0 Å². The molecule has 2 aromatic rings.